The summed E-state index contributed by atoms with van der Waals surface area (Å²) in [6, 6.07) is 4.68. The average molecular weight is 261 g/mol. The third-order valence-corrected chi connectivity index (χ3v) is 2.29. The fourth-order valence-corrected chi connectivity index (χ4v) is 1.50. The Kier molecular flexibility index (Phi) is 4.72. The third kappa shape index (κ3) is 3.46. The summed E-state index contributed by atoms with van der Waals surface area (Å²) in [6.45, 7) is 1.95. The van der Waals surface area contributed by atoms with Crippen LogP contribution in [0.2, 0.25) is 0 Å². The number of rotatable bonds is 4. The van der Waals surface area contributed by atoms with Gasteiger partial charge < -0.3 is 9.47 Å². The first-order valence-corrected chi connectivity index (χ1v) is 5.31. The van der Waals surface area contributed by atoms with Gasteiger partial charge in [-0.05, 0) is 24.6 Å². The van der Waals surface area contributed by atoms with Crippen molar-refractivity contribution in [2.75, 3.05) is 13.7 Å². The Morgan fingerprint density at radius 1 is 1.39 bits per heavy atom. The second-order valence-electron chi connectivity index (χ2n) is 3.54. The lowest BCUT2D eigenvalue weighted by Gasteiger charge is -2.18. The van der Waals surface area contributed by atoms with Crippen molar-refractivity contribution in [2.24, 2.45) is 0 Å². The molecule has 0 aliphatic rings. The Bertz CT molecular complexity index is 418. The van der Waals surface area contributed by atoms with Gasteiger partial charge in [0.15, 0.2) is 6.10 Å². The number of ether oxygens (including phenoxy) is 2. The number of hydrogen-bond donors (Lipinski definition) is 1. The summed E-state index contributed by atoms with van der Waals surface area (Å²) in [5.74, 6) is -0.209. The highest BCUT2D eigenvalue weighted by Gasteiger charge is 2.31. The normalized spacial score (nSPS) is 13.2. The van der Waals surface area contributed by atoms with Gasteiger partial charge in [0.05, 0.1) is 12.2 Å². The maximum absolute atomic E-state index is 12.6. The van der Waals surface area contributed by atoms with E-state index in [0.29, 0.717) is 0 Å². The molecular formula is C12H14F3NO2. The zero-order valence-electron chi connectivity index (χ0n) is 10.0. The van der Waals surface area contributed by atoms with Crippen LogP contribution in [-0.4, -0.2) is 19.6 Å². The SMILES string of the molecule is CCOC(=N)C(OC)c1cccc(C(F)(F)F)c1. The molecule has 100 valence electrons. The van der Waals surface area contributed by atoms with Crippen LogP contribution in [0, 0.1) is 5.41 Å². The van der Waals surface area contributed by atoms with Crippen LogP contribution < -0.4 is 0 Å². The van der Waals surface area contributed by atoms with Gasteiger partial charge in [-0.1, -0.05) is 12.1 Å². The second-order valence-corrected chi connectivity index (χ2v) is 3.54. The molecule has 1 N–H and O–H groups in total. The number of halogens is 3. The van der Waals surface area contributed by atoms with E-state index in [2.05, 4.69) is 0 Å². The van der Waals surface area contributed by atoms with Gasteiger partial charge >= 0.3 is 6.18 Å². The quantitative estimate of drug-likeness (QED) is 0.666. The van der Waals surface area contributed by atoms with E-state index >= 15 is 0 Å². The van der Waals surface area contributed by atoms with Crippen molar-refractivity contribution in [1.29, 1.82) is 5.41 Å². The third-order valence-electron chi connectivity index (χ3n) is 2.29. The summed E-state index contributed by atoms with van der Waals surface area (Å²) in [7, 11) is 1.32. The van der Waals surface area contributed by atoms with Crippen LogP contribution in [0.5, 0.6) is 0 Å². The second kappa shape index (κ2) is 5.86. The zero-order valence-corrected chi connectivity index (χ0v) is 10.0. The van der Waals surface area contributed by atoms with Crippen LogP contribution in [0.3, 0.4) is 0 Å². The van der Waals surface area contributed by atoms with Gasteiger partial charge in [0, 0.05) is 7.11 Å². The molecule has 1 atom stereocenters. The van der Waals surface area contributed by atoms with Gasteiger partial charge in [0.25, 0.3) is 0 Å². The molecule has 3 nitrogen and oxygen atoms in total. The molecule has 1 rings (SSSR count). The molecule has 0 fully saturated rings. The van der Waals surface area contributed by atoms with Crippen LogP contribution in [0.4, 0.5) is 13.2 Å². The molecule has 0 saturated heterocycles. The average Bonchev–Trinajstić information content (AvgIpc) is 2.29. The van der Waals surface area contributed by atoms with Gasteiger partial charge in [0.2, 0.25) is 5.90 Å². The monoisotopic (exact) mass is 261 g/mol. The number of nitrogens with one attached hydrogen (secondary N) is 1. The molecule has 0 aliphatic heterocycles. The Morgan fingerprint density at radius 2 is 2.06 bits per heavy atom. The molecule has 0 heterocycles. The van der Waals surface area contributed by atoms with Crippen molar-refractivity contribution in [3.8, 4) is 0 Å². The fourth-order valence-electron chi connectivity index (χ4n) is 1.50. The summed E-state index contributed by atoms with van der Waals surface area (Å²) in [5, 5.41) is 7.58. The Hall–Kier alpha value is -1.56. The van der Waals surface area contributed by atoms with E-state index in [-0.39, 0.29) is 18.1 Å². The van der Waals surface area contributed by atoms with E-state index in [1.165, 1.54) is 19.2 Å². The van der Waals surface area contributed by atoms with Crippen LogP contribution in [0.25, 0.3) is 0 Å². The molecule has 1 aromatic carbocycles. The van der Waals surface area contributed by atoms with E-state index in [4.69, 9.17) is 14.9 Å². The molecule has 0 spiro atoms. The summed E-state index contributed by atoms with van der Waals surface area (Å²) < 4.78 is 47.6. The highest BCUT2D eigenvalue weighted by molar-refractivity contribution is 5.79. The summed E-state index contributed by atoms with van der Waals surface area (Å²) in [4.78, 5) is 0. The smallest absolute Gasteiger partial charge is 0.416 e. The summed E-state index contributed by atoms with van der Waals surface area (Å²) in [6.07, 6.45) is -5.34. The van der Waals surface area contributed by atoms with Crippen molar-refractivity contribution in [1.82, 2.24) is 0 Å². The van der Waals surface area contributed by atoms with E-state index in [1.54, 1.807) is 6.92 Å². The van der Waals surface area contributed by atoms with E-state index in [9.17, 15) is 13.2 Å². The highest BCUT2D eigenvalue weighted by Crippen LogP contribution is 2.31. The minimum atomic E-state index is -4.41. The largest absolute Gasteiger partial charge is 0.479 e. The lowest BCUT2D eigenvalue weighted by molar-refractivity contribution is -0.137. The molecule has 0 saturated carbocycles. The van der Waals surface area contributed by atoms with Gasteiger partial charge in [-0.15, -0.1) is 0 Å². The molecule has 6 heteroatoms. The molecule has 18 heavy (non-hydrogen) atoms. The molecule has 1 unspecified atom stereocenters. The van der Waals surface area contributed by atoms with Crippen LogP contribution in [-0.2, 0) is 15.7 Å². The Labute approximate surface area is 103 Å². The van der Waals surface area contributed by atoms with Crippen LogP contribution in [0.1, 0.15) is 24.2 Å². The minimum absolute atomic E-state index is 0.209. The Balaban J connectivity index is 3.04. The zero-order chi connectivity index (χ0) is 13.8. The molecule has 0 aliphatic carbocycles. The predicted octanol–water partition coefficient (Wildman–Crippen LogP) is 3.41. The van der Waals surface area contributed by atoms with Gasteiger partial charge in [0.1, 0.15) is 0 Å². The van der Waals surface area contributed by atoms with E-state index in [1.807, 2.05) is 0 Å². The van der Waals surface area contributed by atoms with Crippen molar-refractivity contribution in [3.05, 3.63) is 35.4 Å². The maximum atomic E-state index is 12.6. The topological polar surface area (TPSA) is 42.3 Å². The number of alkyl halides is 3. The molecule has 1 aromatic rings. The standard InChI is InChI=1S/C12H14F3NO2/c1-3-18-11(16)10(17-2)8-5-4-6-9(7-8)12(13,14)15/h4-7,10,16H,3H2,1-2H3. The summed E-state index contributed by atoms with van der Waals surface area (Å²) >= 11 is 0. The number of hydrogen-bond acceptors (Lipinski definition) is 3. The van der Waals surface area contributed by atoms with E-state index in [0.717, 1.165) is 12.1 Å². The minimum Gasteiger partial charge on any atom is -0.479 e. The van der Waals surface area contributed by atoms with E-state index < -0.39 is 17.8 Å². The first kappa shape index (κ1) is 14.5. The number of methoxy groups -OCH3 is 1. The van der Waals surface area contributed by atoms with Gasteiger partial charge in [-0.3, -0.25) is 5.41 Å². The molecule has 0 radical (unpaired) electrons. The molecular weight excluding hydrogens is 247 g/mol. The lowest BCUT2D eigenvalue weighted by atomic mass is 10.1. The first-order chi connectivity index (χ1) is 8.40. The van der Waals surface area contributed by atoms with Crippen molar-refractivity contribution < 1.29 is 22.6 Å². The predicted molar refractivity (Wildman–Crippen MR) is 60.5 cm³/mol. The maximum Gasteiger partial charge on any atom is 0.416 e. The lowest BCUT2D eigenvalue weighted by Crippen LogP contribution is -2.17. The van der Waals surface area contributed by atoms with Crippen molar-refractivity contribution in [2.45, 2.75) is 19.2 Å². The van der Waals surface area contributed by atoms with Crippen molar-refractivity contribution in [3.63, 3.8) is 0 Å². The Morgan fingerprint density at radius 3 is 2.56 bits per heavy atom. The van der Waals surface area contributed by atoms with Crippen LogP contribution in [0.15, 0.2) is 24.3 Å². The van der Waals surface area contributed by atoms with Crippen molar-refractivity contribution >= 4 is 5.90 Å². The fraction of sp³-hybridized carbons (Fsp3) is 0.417. The van der Waals surface area contributed by atoms with Gasteiger partial charge in [-0.25, -0.2) is 0 Å². The van der Waals surface area contributed by atoms with Gasteiger partial charge in [-0.2, -0.15) is 13.2 Å². The highest BCUT2D eigenvalue weighted by atomic mass is 19.4. The molecule has 0 aromatic heterocycles. The molecule has 0 bridgehead atoms. The molecule has 0 amide bonds. The van der Waals surface area contributed by atoms with Crippen LogP contribution >= 0.6 is 0 Å². The first-order valence-electron chi connectivity index (χ1n) is 5.31. The summed E-state index contributed by atoms with van der Waals surface area (Å²) in [5.41, 5.74) is -0.530. The number of benzene rings is 1.